The van der Waals surface area contributed by atoms with Gasteiger partial charge in [0.05, 0.1) is 13.2 Å². The Hall–Kier alpha value is -1.10. The summed E-state index contributed by atoms with van der Waals surface area (Å²) < 4.78 is 5.44. The molecule has 116 valence electrons. The van der Waals surface area contributed by atoms with Gasteiger partial charge in [-0.05, 0) is 43.9 Å². The van der Waals surface area contributed by atoms with Crippen LogP contribution >= 0.6 is 0 Å². The molecule has 0 spiro atoms. The van der Waals surface area contributed by atoms with Gasteiger partial charge in [-0.25, -0.2) is 0 Å². The highest BCUT2D eigenvalue weighted by molar-refractivity contribution is 5.44. The third kappa shape index (κ3) is 3.07. The summed E-state index contributed by atoms with van der Waals surface area (Å²) in [5, 5.41) is 13.6. The Morgan fingerprint density at radius 1 is 1.33 bits per heavy atom. The van der Waals surface area contributed by atoms with Gasteiger partial charge in [-0.2, -0.15) is 0 Å². The fourth-order valence-electron chi connectivity index (χ4n) is 3.50. The number of rotatable bonds is 4. The van der Waals surface area contributed by atoms with E-state index in [1.54, 1.807) is 6.07 Å². The van der Waals surface area contributed by atoms with Gasteiger partial charge in [-0.15, -0.1) is 0 Å². The summed E-state index contributed by atoms with van der Waals surface area (Å²) in [6.07, 6.45) is 2.05. The fraction of sp³-hybridized carbons (Fsp3) is 0.647. The van der Waals surface area contributed by atoms with E-state index >= 15 is 0 Å². The monoisotopic (exact) mass is 290 g/mol. The molecule has 0 amide bonds. The van der Waals surface area contributed by atoms with Crippen LogP contribution in [-0.4, -0.2) is 48.4 Å². The summed E-state index contributed by atoms with van der Waals surface area (Å²) >= 11 is 0. The van der Waals surface area contributed by atoms with E-state index in [0.717, 1.165) is 51.3 Å². The highest BCUT2D eigenvalue weighted by atomic mass is 16.5. The zero-order valence-corrected chi connectivity index (χ0v) is 13.1. The second-order valence-corrected chi connectivity index (χ2v) is 6.73. The lowest BCUT2D eigenvalue weighted by molar-refractivity contribution is -0.0103. The van der Waals surface area contributed by atoms with Crippen LogP contribution in [0, 0.1) is 0 Å². The van der Waals surface area contributed by atoms with Crippen LogP contribution in [0.25, 0.3) is 0 Å². The topological polar surface area (TPSA) is 44.7 Å². The Morgan fingerprint density at radius 3 is 2.86 bits per heavy atom. The van der Waals surface area contributed by atoms with Crippen LogP contribution in [-0.2, 0) is 11.2 Å². The van der Waals surface area contributed by atoms with Crippen LogP contribution in [0.3, 0.4) is 0 Å². The van der Waals surface area contributed by atoms with Crippen molar-refractivity contribution >= 4 is 0 Å². The molecule has 1 fully saturated rings. The van der Waals surface area contributed by atoms with Crippen LogP contribution in [0.4, 0.5) is 0 Å². The maximum absolute atomic E-state index is 9.93. The number of ether oxygens (including phenoxy) is 1. The van der Waals surface area contributed by atoms with E-state index in [1.165, 1.54) is 5.56 Å². The van der Waals surface area contributed by atoms with Crippen molar-refractivity contribution in [2.75, 3.05) is 32.8 Å². The third-order valence-corrected chi connectivity index (χ3v) is 4.89. The summed E-state index contributed by atoms with van der Waals surface area (Å²) in [5.74, 6) is 0.448. The lowest BCUT2D eigenvalue weighted by Gasteiger charge is -2.41. The number of morpholine rings is 1. The van der Waals surface area contributed by atoms with E-state index in [4.69, 9.17) is 4.74 Å². The molecule has 1 aromatic carbocycles. The second kappa shape index (κ2) is 5.95. The Morgan fingerprint density at radius 2 is 2.10 bits per heavy atom. The van der Waals surface area contributed by atoms with Gasteiger partial charge in [0.2, 0.25) is 0 Å². The predicted octanol–water partition coefficient (Wildman–Crippen LogP) is 2.08. The standard InChI is InChI=1S/C17H26N2O2/c1-17(2,19-8-10-21-11-9-19)12-18-15-7-6-14-13(15)4-3-5-16(14)20/h3-5,15,18,20H,6-12H2,1-2H3. The van der Waals surface area contributed by atoms with Crippen molar-refractivity contribution in [2.45, 2.75) is 38.3 Å². The van der Waals surface area contributed by atoms with Crippen molar-refractivity contribution in [3.63, 3.8) is 0 Å². The number of nitrogens with zero attached hydrogens (tertiary/aromatic N) is 1. The molecule has 0 aromatic heterocycles. The van der Waals surface area contributed by atoms with Crippen LogP contribution < -0.4 is 5.32 Å². The molecule has 0 bridgehead atoms. The van der Waals surface area contributed by atoms with Gasteiger partial charge < -0.3 is 15.2 Å². The molecule has 1 heterocycles. The first kappa shape index (κ1) is 14.8. The van der Waals surface area contributed by atoms with Gasteiger partial charge in [0.25, 0.3) is 0 Å². The Labute approximate surface area is 127 Å². The normalized spacial score (nSPS) is 23.2. The largest absolute Gasteiger partial charge is 0.508 e. The van der Waals surface area contributed by atoms with Crippen LogP contribution in [0.2, 0.25) is 0 Å². The molecular formula is C17H26N2O2. The number of phenolic OH excluding ortho intramolecular Hbond substituents is 1. The average Bonchev–Trinajstić information content (AvgIpc) is 2.91. The zero-order chi connectivity index (χ0) is 14.9. The number of aromatic hydroxyl groups is 1. The Bertz CT molecular complexity index is 496. The number of benzene rings is 1. The van der Waals surface area contributed by atoms with Crippen molar-refractivity contribution < 1.29 is 9.84 Å². The minimum atomic E-state index is 0.128. The quantitative estimate of drug-likeness (QED) is 0.891. The van der Waals surface area contributed by atoms with Crippen molar-refractivity contribution in [1.29, 1.82) is 0 Å². The minimum Gasteiger partial charge on any atom is -0.508 e. The smallest absolute Gasteiger partial charge is 0.119 e. The average molecular weight is 290 g/mol. The maximum atomic E-state index is 9.93. The third-order valence-electron chi connectivity index (χ3n) is 4.89. The van der Waals surface area contributed by atoms with E-state index in [1.807, 2.05) is 6.07 Å². The molecule has 2 aliphatic rings. The van der Waals surface area contributed by atoms with E-state index in [0.29, 0.717) is 11.8 Å². The van der Waals surface area contributed by atoms with Gasteiger partial charge >= 0.3 is 0 Å². The molecule has 1 unspecified atom stereocenters. The summed E-state index contributed by atoms with van der Waals surface area (Å²) in [7, 11) is 0. The van der Waals surface area contributed by atoms with Gasteiger partial charge in [0.1, 0.15) is 5.75 Å². The van der Waals surface area contributed by atoms with E-state index in [2.05, 4.69) is 30.1 Å². The molecule has 2 N–H and O–H groups in total. The second-order valence-electron chi connectivity index (χ2n) is 6.73. The van der Waals surface area contributed by atoms with Gasteiger partial charge in [0, 0.05) is 31.2 Å². The molecule has 1 aromatic rings. The van der Waals surface area contributed by atoms with E-state index in [9.17, 15) is 5.11 Å². The SMILES string of the molecule is CC(C)(CNC1CCc2c(O)cccc21)N1CCOCC1. The lowest BCUT2D eigenvalue weighted by atomic mass is 10.0. The highest BCUT2D eigenvalue weighted by Gasteiger charge is 2.31. The molecule has 1 aliphatic carbocycles. The molecule has 1 aliphatic heterocycles. The lowest BCUT2D eigenvalue weighted by Crippen LogP contribution is -2.54. The van der Waals surface area contributed by atoms with E-state index in [-0.39, 0.29) is 5.54 Å². The first-order valence-corrected chi connectivity index (χ1v) is 7.95. The summed E-state index contributed by atoms with van der Waals surface area (Å²) in [6, 6.07) is 6.24. The predicted molar refractivity (Wildman–Crippen MR) is 83.6 cm³/mol. The van der Waals surface area contributed by atoms with Crippen molar-refractivity contribution in [2.24, 2.45) is 0 Å². The first-order chi connectivity index (χ1) is 10.1. The summed E-state index contributed by atoms with van der Waals surface area (Å²) in [5.41, 5.74) is 2.52. The maximum Gasteiger partial charge on any atom is 0.119 e. The van der Waals surface area contributed by atoms with Crippen LogP contribution in [0.1, 0.15) is 37.4 Å². The molecule has 1 atom stereocenters. The number of fused-ring (bicyclic) bond motifs is 1. The molecule has 4 heteroatoms. The first-order valence-electron chi connectivity index (χ1n) is 7.95. The molecule has 1 saturated heterocycles. The number of hydrogen-bond donors (Lipinski definition) is 2. The van der Waals surface area contributed by atoms with Crippen LogP contribution in [0.5, 0.6) is 5.75 Å². The van der Waals surface area contributed by atoms with Gasteiger partial charge in [-0.1, -0.05) is 12.1 Å². The fourth-order valence-corrected chi connectivity index (χ4v) is 3.50. The number of phenols is 1. The molecule has 21 heavy (non-hydrogen) atoms. The molecule has 3 rings (SSSR count). The van der Waals surface area contributed by atoms with Gasteiger partial charge in [0.15, 0.2) is 0 Å². The number of nitrogens with one attached hydrogen (secondary N) is 1. The Balaban J connectivity index is 1.62. The molecule has 0 radical (unpaired) electrons. The van der Waals surface area contributed by atoms with Crippen molar-refractivity contribution in [3.05, 3.63) is 29.3 Å². The Kier molecular flexibility index (Phi) is 4.20. The number of hydrogen-bond acceptors (Lipinski definition) is 4. The van der Waals surface area contributed by atoms with Crippen LogP contribution in [0.15, 0.2) is 18.2 Å². The van der Waals surface area contributed by atoms with Crippen molar-refractivity contribution in [3.8, 4) is 5.75 Å². The minimum absolute atomic E-state index is 0.128. The molecule has 0 saturated carbocycles. The van der Waals surface area contributed by atoms with Gasteiger partial charge in [-0.3, -0.25) is 4.90 Å². The highest BCUT2D eigenvalue weighted by Crippen LogP contribution is 2.36. The molecule has 4 nitrogen and oxygen atoms in total. The summed E-state index contributed by atoms with van der Waals surface area (Å²) in [4.78, 5) is 2.50. The zero-order valence-electron chi connectivity index (χ0n) is 13.1. The summed E-state index contributed by atoms with van der Waals surface area (Å²) in [6.45, 7) is 9.24. The van der Waals surface area contributed by atoms with E-state index < -0.39 is 0 Å². The molecular weight excluding hydrogens is 264 g/mol. The van der Waals surface area contributed by atoms with Crippen molar-refractivity contribution in [1.82, 2.24) is 10.2 Å².